The van der Waals surface area contributed by atoms with Crippen molar-refractivity contribution in [3.05, 3.63) is 0 Å². The topological polar surface area (TPSA) is 61.6 Å². The molecule has 0 aliphatic heterocycles. The Balaban J connectivity index is 3.72. The highest BCUT2D eigenvalue weighted by atomic mass is 16.2. The van der Waals surface area contributed by atoms with E-state index in [0.29, 0.717) is 13.1 Å². The van der Waals surface area contributed by atoms with E-state index in [9.17, 15) is 4.79 Å². The van der Waals surface area contributed by atoms with Crippen LogP contribution in [0.4, 0.5) is 4.79 Å². The number of nitrogens with two attached hydrogens (primary N) is 1. The van der Waals surface area contributed by atoms with Gasteiger partial charge in [-0.1, -0.05) is 0 Å². The monoisotopic (exact) mass is 216 g/mol. The van der Waals surface area contributed by atoms with Gasteiger partial charge in [-0.2, -0.15) is 0 Å². The van der Waals surface area contributed by atoms with Gasteiger partial charge in [0.2, 0.25) is 0 Å². The molecule has 2 amide bonds. The van der Waals surface area contributed by atoms with Crippen LogP contribution in [-0.2, 0) is 0 Å². The lowest BCUT2D eigenvalue weighted by Crippen LogP contribution is -2.49. The summed E-state index contributed by atoms with van der Waals surface area (Å²) in [6, 6.07) is -0.0775. The fourth-order valence-electron chi connectivity index (χ4n) is 1.31. The molecule has 0 saturated heterocycles. The summed E-state index contributed by atoms with van der Waals surface area (Å²) in [5.41, 5.74) is 5.66. The molecule has 0 aromatic rings. The van der Waals surface area contributed by atoms with Crippen molar-refractivity contribution < 1.29 is 4.79 Å². The van der Waals surface area contributed by atoms with Gasteiger partial charge in [-0.05, 0) is 40.9 Å². The van der Waals surface area contributed by atoms with Crippen molar-refractivity contribution in [2.75, 3.05) is 33.7 Å². The minimum atomic E-state index is -0.233. The molecule has 90 valence electrons. The molecular weight excluding hydrogens is 192 g/mol. The Labute approximate surface area is 92.6 Å². The van der Waals surface area contributed by atoms with Gasteiger partial charge in [0, 0.05) is 13.1 Å². The van der Waals surface area contributed by atoms with Gasteiger partial charge in [0.25, 0.3) is 0 Å². The van der Waals surface area contributed by atoms with Crippen molar-refractivity contribution >= 4 is 6.03 Å². The van der Waals surface area contributed by atoms with Crippen molar-refractivity contribution in [3.63, 3.8) is 0 Å². The summed E-state index contributed by atoms with van der Waals surface area (Å²) in [7, 11) is 4.03. The molecule has 5 nitrogen and oxygen atoms in total. The highest BCUT2D eigenvalue weighted by molar-refractivity contribution is 5.74. The third kappa shape index (κ3) is 6.30. The van der Waals surface area contributed by atoms with Crippen molar-refractivity contribution in [1.82, 2.24) is 15.1 Å². The van der Waals surface area contributed by atoms with E-state index in [-0.39, 0.29) is 12.2 Å². The van der Waals surface area contributed by atoms with Crippen LogP contribution in [0.3, 0.4) is 0 Å². The van der Waals surface area contributed by atoms with E-state index in [4.69, 9.17) is 5.73 Å². The minimum Gasteiger partial charge on any atom is -0.338 e. The second kappa shape index (κ2) is 7.48. The fraction of sp³-hybridized carbons (Fsp3) is 0.900. The van der Waals surface area contributed by atoms with Crippen LogP contribution in [0, 0.1) is 0 Å². The molecule has 0 aliphatic carbocycles. The van der Waals surface area contributed by atoms with E-state index in [2.05, 4.69) is 10.2 Å². The molecule has 1 atom stereocenters. The van der Waals surface area contributed by atoms with Crippen LogP contribution < -0.4 is 11.1 Å². The highest BCUT2D eigenvalue weighted by Crippen LogP contribution is 1.93. The summed E-state index contributed by atoms with van der Waals surface area (Å²) in [4.78, 5) is 15.3. The standard InChI is InChI=1S/C10H24N4O/c1-5-14(9(2)11)10(15)12-7-6-8-13(3)4/h9H,5-8,11H2,1-4H3,(H,12,15). The molecule has 0 saturated carbocycles. The second-order valence-electron chi connectivity index (χ2n) is 3.92. The fourth-order valence-corrected chi connectivity index (χ4v) is 1.31. The van der Waals surface area contributed by atoms with E-state index in [1.165, 1.54) is 0 Å². The Hall–Kier alpha value is -0.810. The van der Waals surface area contributed by atoms with Gasteiger partial charge in [-0.25, -0.2) is 4.79 Å². The summed E-state index contributed by atoms with van der Waals surface area (Å²) < 4.78 is 0. The lowest BCUT2D eigenvalue weighted by atomic mass is 10.4. The average molecular weight is 216 g/mol. The van der Waals surface area contributed by atoms with E-state index in [0.717, 1.165) is 13.0 Å². The highest BCUT2D eigenvalue weighted by Gasteiger charge is 2.13. The van der Waals surface area contributed by atoms with Crippen LogP contribution in [0.15, 0.2) is 0 Å². The number of nitrogens with zero attached hydrogens (tertiary/aromatic N) is 2. The molecule has 15 heavy (non-hydrogen) atoms. The van der Waals surface area contributed by atoms with Gasteiger partial charge in [0.1, 0.15) is 0 Å². The molecule has 0 fully saturated rings. The first-order valence-electron chi connectivity index (χ1n) is 5.43. The Kier molecular flexibility index (Phi) is 7.07. The molecule has 0 heterocycles. The molecule has 0 aliphatic rings. The number of carbonyl (C=O) groups excluding carboxylic acids is 1. The zero-order valence-electron chi connectivity index (χ0n) is 10.3. The van der Waals surface area contributed by atoms with Crippen LogP contribution >= 0.6 is 0 Å². The zero-order valence-corrected chi connectivity index (χ0v) is 10.3. The van der Waals surface area contributed by atoms with Gasteiger partial charge >= 0.3 is 6.03 Å². The van der Waals surface area contributed by atoms with E-state index in [1.807, 2.05) is 27.9 Å². The van der Waals surface area contributed by atoms with Gasteiger partial charge in [0.05, 0.1) is 6.17 Å². The number of amides is 2. The number of urea groups is 1. The van der Waals surface area contributed by atoms with Crippen LogP contribution in [0.1, 0.15) is 20.3 Å². The van der Waals surface area contributed by atoms with E-state index < -0.39 is 0 Å². The smallest absolute Gasteiger partial charge is 0.318 e. The Morgan fingerprint density at radius 2 is 2.07 bits per heavy atom. The number of hydrogen-bond acceptors (Lipinski definition) is 3. The first kappa shape index (κ1) is 14.2. The molecule has 3 N–H and O–H groups in total. The summed E-state index contributed by atoms with van der Waals surface area (Å²) in [5.74, 6) is 0. The van der Waals surface area contributed by atoms with Gasteiger partial charge < -0.3 is 20.9 Å². The van der Waals surface area contributed by atoms with Crippen LogP contribution in [0.25, 0.3) is 0 Å². The van der Waals surface area contributed by atoms with Crippen molar-refractivity contribution in [2.24, 2.45) is 5.73 Å². The Morgan fingerprint density at radius 3 is 2.47 bits per heavy atom. The summed E-state index contributed by atoms with van der Waals surface area (Å²) >= 11 is 0. The first-order chi connectivity index (χ1) is 6.99. The molecule has 0 spiro atoms. The van der Waals surface area contributed by atoms with E-state index in [1.54, 1.807) is 4.90 Å². The normalized spacial score (nSPS) is 12.7. The van der Waals surface area contributed by atoms with Crippen LogP contribution in [-0.4, -0.2) is 55.7 Å². The SMILES string of the molecule is CCN(C(=O)NCCCN(C)C)C(C)N. The van der Waals surface area contributed by atoms with Crippen molar-refractivity contribution in [2.45, 2.75) is 26.4 Å². The van der Waals surface area contributed by atoms with Crippen molar-refractivity contribution in [1.29, 1.82) is 0 Å². The van der Waals surface area contributed by atoms with Crippen LogP contribution in [0.2, 0.25) is 0 Å². The minimum absolute atomic E-state index is 0.0775. The quantitative estimate of drug-likeness (QED) is 0.495. The maximum atomic E-state index is 11.6. The molecule has 0 bridgehead atoms. The van der Waals surface area contributed by atoms with Crippen LogP contribution in [0.5, 0.6) is 0 Å². The van der Waals surface area contributed by atoms with Gasteiger partial charge in [-0.15, -0.1) is 0 Å². The number of nitrogens with one attached hydrogen (secondary N) is 1. The lowest BCUT2D eigenvalue weighted by molar-refractivity contribution is 0.183. The maximum Gasteiger partial charge on any atom is 0.318 e. The number of carbonyl (C=O) groups is 1. The van der Waals surface area contributed by atoms with Gasteiger partial charge in [0.15, 0.2) is 0 Å². The molecule has 1 unspecified atom stereocenters. The Morgan fingerprint density at radius 1 is 1.47 bits per heavy atom. The molecule has 0 radical (unpaired) electrons. The lowest BCUT2D eigenvalue weighted by Gasteiger charge is -2.25. The number of rotatable bonds is 6. The molecule has 5 heteroatoms. The first-order valence-corrected chi connectivity index (χ1v) is 5.43. The predicted molar refractivity (Wildman–Crippen MR) is 62.6 cm³/mol. The predicted octanol–water partition coefficient (Wildman–Crippen LogP) is 0.274. The third-order valence-corrected chi connectivity index (χ3v) is 2.15. The van der Waals surface area contributed by atoms with Crippen molar-refractivity contribution in [3.8, 4) is 0 Å². The van der Waals surface area contributed by atoms with Gasteiger partial charge in [-0.3, -0.25) is 0 Å². The average Bonchev–Trinajstić information content (AvgIpc) is 2.12. The Bertz CT molecular complexity index is 182. The number of hydrogen-bond donors (Lipinski definition) is 2. The molecule has 0 rings (SSSR count). The zero-order chi connectivity index (χ0) is 11.8. The molecule has 0 aromatic heterocycles. The summed E-state index contributed by atoms with van der Waals surface area (Å²) in [6.45, 7) is 6.04. The largest absolute Gasteiger partial charge is 0.338 e. The summed E-state index contributed by atoms with van der Waals surface area (Å²) in [6.07, 6.45) is 0.721. The maximum absolute atomic E-state index is 11.6. The third-order valence-electron chi connectivity index (χ3n) is 2.15. The molecular formula is C10H24N4O. The van der Waals surface area contributed by atoms with E-state index >= 15 is 0 Å². The molecule has 0 aromatic carbocycles. The summed E-state index contributed by atoms with van der Waals surface area (Å²) in [5, 5.41) is 2.85. The second-order valence-corrected chi connectivity index (χ2v) is 3.92.